The van der Waals surface area contributed by atoms with Gasteiger partial charge < -0.3 is 4.90 Å². The van der Waals surface area contributed by atoms with Gasteiger partial charge in [0.2, 0.25) is 0 Å². The van der Waals surface area contributed by atoms with Crippen molar-refractivity contribution in [1.82, 2.24) is 4.90 Å². The summed E-state index contributed by atoms with van der Waals surface area (Å²) in [6.45, 7) is 5.17. The second-order valence-electron chi connectivity index (χ2n) is 5.21. The Hall–Kier alpha value is -2.13. The van der Waals surface area contributed by atoms with Gasteiger partial charge in [-0.15, -0.1) is 0 Å². The Morgan fingerprint density at radius 3 is 2.09 bits per heavy atom. The van der Waals surface area contributed by atoms with Crippen LogP contribution in [0.4, 0.5) is 0 Å². The van der Waals surface area contributed by atoms with E-state index in [0.29, 0.717) is 29.2 Å². The molecule has 0 aliphatic heterocycles. The number of ketones is 1. The molecule has 0 fully saturated rings. The van der Waals surface area contributed by atoms with Gasteiger partial charge in [0, 0.05) is 30.6 Å². The van der Waals surface area contributed by atoms with Crippen molar-refractivity contribution < 1.29 is 9.59 Å². The highest BCUT2D eigenvalue weighted by molar-refractivity contribution is 6.34. The summed E-state index contributed by atoms with van der Waals surface area (Å²) in [7, 11) is 0. The average Bonchev–Trinajstić information content (AvgIpc) is 2.56. The maximum atomic E-state index is 12.6. The summed E-state index contributed by atoms with van der Waals surface area (Å²) in [6.07, 6.45) is 0.160. The molecule has 0 spiro atoms. The SMILES string of the molecule is CCN(CC)C(=O)c1ccccc1CC(=O)c1ccccc1Cl. The lowest BCUT2D eigenvalue weighted by molar-refractivity contribution is 0.0772. The molecule has 2 rings (SSSR count). The molecule has 1 amide bonds. The van der Waals surface area contributed by atoms with Crippen LogP contribution in [0.25, 0.3) is 0 Å². The lowest BCUT2D eigenvalue weighted by atomic mass is 9.98. The zero-order chi connectivity index (χ0) is 16.8. The maximum absolute atomic E-state index is 12.6. The topological polar surface area (TPSA) is 37.4 Å². The van der Waals surface area contributed by atoms with Crippen LogP contribution in [0.5, 0.6) is 0 Å². The number of halogens is 1. The van der Waals surface area contributed by atoms with Gasteiger partial charge >= 0.3 is 0 Å². The van der Waals surface area contributed by atoms with E-state index in [4.69, 9.17) is 11.6 Å². The van der Waals surface area contributed by atoms with Gasteiger partial charge in [-0.25, -0.2) is 0 Å². The fourth-order valence-electron chi connectivity index (χ4n) is 2.52. The summed E-state index contributed by atoms with van der Waals surface area (Å²) < 4.78 is 0. The number of nitrogens with zero attached hydrogens (tertiary/aromatic N) is 1. The molecule has 0 bridgehead atoms. The van der Waals surface area contributed by atoms with E-state index in [1.54, 1.807) is 35.2 Å². The van der Waals surface area contributed by atoms with Crippen molar-refractivity contribution in [3.05, 3.63) is 70.2 Å². The van der Waals surface area contributed by atoms with Crippen molar-refractivity contribution in [2.75, 3.05) is 13.1 Å². The molecule has 0 aromatic heterocycles. The number of hydrogen-bond acceptors (Lipinski definition) is 2. The van der Waals surface area contributed by atoms with Crippen LogP contribution < -0.4 is 0 Å². The van der Waals surface area contributed by atoms with E-state index in [1.807, 2.05) is 32.0 Å². The van der Waals surface area contributed by atoms with E-state index < -0.39 is 0 Å². The molecule has 3 nitrogen and oxygen atoms in total. The lowest BCUT2D eigenvalue weighted by Crippen LogP contribution is -2.31. The fraction of sp³-hybridized carbons (Fsp3) is 0.263. The highest BCUT2D eigenvalue weighted by atomic mass is 35.5. The third-order valence-electron chi connectivity index (χ3n) is 3.82. The zero-order valence-electron chi connectivity index (χ0n) is 13.4. The van der Waals surface area contributed by atoms with E-state index in [9.17, 15) is 9.59 Å². The van der Waals surface area contributed by atoms with Crippen LogP contribution in [-0.4, -0.2) is 29.7 Å². The molecule has 2 aromatic rings. The van der Waals surface area contributed by atoms with E-state index in [2.05, 4.69) is 0 Å². The van der Waals surface area contributed by atoms with Crippen molar-refractivity contribution >= 4 is 23.3 Å². The first-order valence-corrected chi connectivity index (χ1v) is 8.11. The third-order valence-corrected chi connectivity index (χ3v) is 4.15. The largest absolute Gasteiger partial charge is 0.339 e. The summed E-state index contributed by atoms with van der Waals surface area (Å²) in [4.78, 5) is 26.9. The maximum Gasteiger partial charge on any atom is 0.254 e. The number of carbonyl (C=O) groups excluding carboxylic acids is 2. The smallest absolute Gasteiger partial charge is 0.254 e. The number of Topliss-reactive ketones (excluding diaryl/α,β-unsaturated/α-hetero) is 1. The second kappa shape index (κ2) is 7.93. The third kappa shape index (κ3) is 3.99. The van der Waals surface area contributed by atoms with Crippen LogP contribution >= 0.6 is 11.6 Å². The van der Waals surface area contributed by atoms with E-state index >= 15 is 0 Å². The van der Waals surface area contributed by atoms with Crippen molar-refractivity contribution in [1.29, 1.82) is 0 Å². The summed E-state index contributed by atoms with van der Waals surface area (Å²) in [5.74, 6) is -0.132. The highest BCUT2D eigenvalue weighted by Crippen LogP contribution is 2.19. The predicted molar refractivity (Wildman–Crippen MR) is 93.2 cm³/mol. The molecule has 0 aliphatic carbocycles. The molecule has 0 aliphatic rings. The molecule has 0 heterocycles. The Morgan fingerprint density at radius 2 is 1.48 bits per heavy atom. The molecule has 2 aromatic carbocycles. The lowest BCUT2D eigenvalue weighted by Gasteiger charge is -2.20. The standard InChI is InChI=1S/C19H20ClNO2/c1-3-21(4-2)19(23)15-10-6-5-9-14(15)13-18(22)16-11-7-8-12-17(16)20/h5-12H,3-4,13H2,1-2H3. The first kappa shape index (κ1) is 17.2. The first-order chi connectivity index (χ1) is 11.1. The van der Waals surface area contributed by atoms with E-state index in [-0.39, 0.29) is 18.1 Å². The van der Waals surface area contributed by atoms with Gasteiger partial charge in [-0.05, 0) is 37.6 Å². The molecule has 0 saturated heterocycles. The van der Waals surface area contributed by atoms with Crippen molar-refractivity contribution in [3.8, 4) is 0 Å². The Balaban J connectivity index is 2.29. The monoisotopic (exact) mass is 329 g/mol. The minimum absolute atomic E-state index is 0.0439. The van der Waals surface area contributed by atoms with Gasteiger partial charge in [-0.1, -0.05) is 41.9 Å². The molecular weight excluding hydrogens is 310 g/mol. The minimum Gasteiger partial charge on any atom is -0.339 e. The Bertz CT molecular complexity index is 708. The van der Waals surface area contributed by atoms with Crippen molar-refractivity contribution in [2.24, 2.45) is 0 Å². The van der Waals surface area contributed by atoms with Gasteiger partial charge in [0.25, 0.3) is 5.91 Å². The Morgan fingerprint density at radius 1 is 0.913 bits per heavy atom. The summed E-state index contributed by atoms with van der Waals surface area (Å²) in [5, 5.41) is 0.435. The van der Waals surface area contributed by atoms with Crippen LogP contribution in [0.1, 0.15) is 40.1 Å². The Kier molecular flexibility index (Phi) is 5.94. The fourth-order valence-corrected chi connectivity index (χ4v) is 2.76. The molecule has 0 N–H and O–H groups in total. The van der Waals surface area contributed by atoms with Gasteiger partial charge in [-0.3, -0.25) is 9.59 Å². The van der Waals surface area contributed by atoms with Crippen LogP contribution in [0.3, 0.4) is 0 Å². The number of carbonyl (C=O) groups is 2. The summed E-state index contributed by atoms with van der Waals surface area (Å²) in [5.41, 5.74) is 1.80. The van der Waals surface area contributed by atoms with Gasteiger partial charge in [-0.2, -0.15) is 0 Å². The van der Waals surface area contributed by atoms with Gasteiger partial charge in [0.15, 0.2) is 5.78 Å². The number of amides is 1. The zero-order valence-corrected chi connectivity index (χ0v) is 14.1. The number of rotatable bonds is 6. The van der Waals surface area contributed by atoms with E-state index in [1.165, 1.54) is 0 Å². The molecular formula is C19H20ClNO2. The van der Waals surface area contributed by atoms with Crippen molar-refractivity contribution in [3.63, 3.8) is 0 Å². The van der Waals surface area contributed by atoms with Crippen LogP contribution in [-0.2, 0) is 6.42 Å². The Labute approximate surface area is 141 Å². The minimum atomic E-state index is -0.0876. The molecule has 4 heteroatoms. The van der Waals surface area contributed by atoms with Gasteiger partial charge in [0.05, 0.1) is 5.02 Å². The molecule has 0 atom stereocenters. The second-order valence-corrected chi connectivity index (χ2v) is 5.62. The molecule has 23 heavy (non-hydrogen) atoms. The van der Waals surface area contributed by atoms with Crippen LogP contribution in [0, 0.1) is 0 Å². The quantitative estimate of drug-likeness (QED) is 0.743. The van der Waals surface area contributed by atoms with Gasteiger partial charge in [0.1, 0.15) is 0 Å². The van der Waals surface area contributed by atoms with Crippen LogP contribution in [0.2, 0.25) is 5.02 Å². The van der Waals surface area contributed by atoms with Crippen molar-refractivity contribution in [2.45, 2.75) is 20.3 Å². The van der Waals surface area contributed by atoms with Crippen LogP contribution in [0.15, 0.2) is 48.5 Å². The normalized spacial score (nSPS) is 10.4. The molecule has 0 unspecified atom stereocenters. The molecule has 120 valence electrons. The average molecular weight is 330 g/mol. The summed E-state index contributed by atoms with van der Waals surface area (Å²) in [6, 6.07) is 14.2. The highest BCUT2D eigenvalue weighted by Gasteiger charge is 2.19. The molecule has 0 saturated carbocycles. The summed E-state index contributed by atoms with van der Waals surface area (Å²) >= 11 is 6.09. The first-order valence-electron chi connectivity index (χ1n) is 7.73. The predicted octanol–water partition coefficient (Wildman–Crippen LogP) is 4.25. The number of hydrogen-bond donors (Lipinski definition) is 0. The molecule has 0 radical (unpaired) electrons. The van der Waals surface area contributed by atoms with E-state index in [0.717, 1.165) is 5.56 Å². The number of benzene rings is 2.